The summed E-state index contributed by atoms with van der Waals surface area (Å²) < 4.78 is 52.6. The SMILES string of the molecule is Fc1cccc(-c2cc3n(c2Cl)CCN(CC(F)(F)F)C3)c1. The molecule has 0 saturated heterocycles. The predicted octanol–water partition coefficient (Wildman–Crippen LogP) is 4.33. The van der Waals surface area contributed by atoms with Gasteiger partial charge in [-0.25, -0.2) is 4.39 Å². The summed E-state index contributed by atoms with van der Waals surface area (Å²) in [6.45, 7) is -0.0945. The zero-order chi connectivity index (χ0) is 15.9. The van der Waals surface area contributed by atoms with Crippen molar-refractivity contribution in [1.29, 1.82) is 0 Å². The minimum absolute atomic E-state index is 0.175. The number of benzene rings is 1. The van der Waals surface area contributed by atoms with E-state index in [9.17, 15) is 17.6 Å². The van der Waals surface area contributed by atoms with Gasteiger partial charge in [-0.1, -0.05) is 23.7 Å². The van der Waals surface area contributed by atoms with Crippen molar-refractivity contribution in [3.05, 3.63) is 47.0 Å². The van der Waals surface area contributed by atoms with E-state index >= 15 is 0 Å². The second-order valence-corrected chi connectivity index (χ2v) is 5.69. The van der Waals surface area contributed by atoms with Gasteiger partial charge in [0.1, 0.15) is 11.0 Å². The van der Waals surface area contributed by atoms with Crippen molar-refractivity contribution in [3.63, 3.8) is 0 Å². The fraction of sp³-hybridized carbons (Fsp3) is 0.333. The maximum absolute atomic E-state index is 13.3. The lowest BCUT2D eigenvalue weighted by atomic mass is 10.1. The third-order valence-electron chi connectivity index (χ3n) is 3.68. The molecule has 0 amide bonds. The van der Waals surface area contributed by atoms with Crippen LogP contribution in [-0.2, 0) is 13.1 Å². The fourth-order valence-corrected chi connectivity index (χ4v) is 3.10. The van der Waals surface area contributed by atoms with Crippen LogP contribution in [0.25, 0.3) is 11.1 Å². The minimum Gasteiger partial charge on any atom is -0.333 e. The van der Waals surface area contributed by atoms with Gasteiger partial charge in [-0.15, -0.1) is 0 Å². The third-order valence-corrected chi connectivity index (χ3v) is 4.09. The van der Waals surface area contributed by atoms with Crippen molar-refractivity contribution in [2.75, 3.05) is 13.1 Å². The van der Waals surface area contributed by atoms with E-state index in [2.05, 4.69) is 0 Å². The molecule has 7 heteroatoms. The number of nitrogens with zero attached hydrogens (tertiary/aromatic N) is 2. The highest BCUT2D eigenvalue weighted by Gasteiger charge is 2.33. The van der Waals surface area contributed by atoms with Gasteiger partial charge >= 0.3 is 6.18 Å². The Morgan fingerprint density at radius 2 is 1.91 bits per heavy atom. The molecule has 0 unspecified atom stereocenters. The van der Waals surface area contributed by atoms with E-state index in [4.69, 9.17) is 11.6 Å². The van der Waals surface area contributed by atoms with Crippen LogP contribution in [0.15, 0.2) is 30.3 Å². The largest absolute Gasteiger partial charge is 0.401 e. The summed E-state index contributed by atoms with van der Waals surface area (Å²) in [6.07, 6.45) is -4.22. The van der Waals surface area contributed by atoms with Gasteiger partial charge in [0, 0.05) is 30.9 Å². The zero-order valence-corrected chi connectivity index (χ0v) is 12.3. The van der Waals surface area contributed by atoms with E-state index in [-0.39, 0.29) is 18.9 Å². The summed E-state index contributed by atoms with van der Waals surface area (Å²) in [7, 11) is 0. The molecule has 1 aromatic carbocycles. The van der Waals surface area contributed by atoms with Gasteiger partial charge in [0.25, 0.3) is 0 Å². The highest BCUT2D eigenvalue weighted by molar-refractivity contribution is 6.32. The zero-order valence-electron chi connectivity index (χ0n) is 11.5. The van der Waals surface area contributed by atoms with Crippen molar-refractivity contribution in [1.82, 2.24) is 9.47 Å². The summed E-state index contributed by atoms with van der Waals surface area (Å²) in [4.78, 5) is 1.33. The summed E-state index contributed by atoms with van der Waals surface area (Å²) in [6, 6.07) is 7.73. The van der Waals surface area contributed by atoms with E-state index in [0.717, 1.165) is 0 Å². The standard InChI is InChI=1S/C15H13ClF4N2/c16-14-13(10-2-1-3-11(17)6-10)7-12-8-21(4-5-22(12)14)9-15(18,19)20/h1-3,6-7H,4-5,8-9H2. The Labute approximate surface area is 129 Å². The van der Waals surface area contributed by atoms with E-state index in [1.54, 1.807) is 22.8 Å². The number of rotatable bonds is 2. The molecule has 0 bridgehead atoms. The van der Waals surface area contributed by atoms with Crippen LogP contribution in [0.1, 0.15) is 5.69 Å². The van der Waals surface area contributed by atoms with E-state index in [1.807, 2.05) is 0 Å². The van der Waals surface area contributed by atoms with Crippen molar-refractivity contribution in [2.45, 2.75) is 19.3 Å². The van der Waals surface area contributed by atoms with E-state index in [1.165, 1.54) is 17.0 Å². The Bertz CT molecular complexity index is 693. The number of fused-ring (bicyclic) bond motifs is 1. The molecule has 2 aromatic rings. The average Bonchev–Trinajstić information content (AvgIpc) is 2.74. The van der Waals surface area contributed by atoms with E-state index < -0.39 is 12.7 Å². The molecule has 0 aliphatic carbocycles. The van der Waals surface area contributed by atoms with Gasteiger partial charge in [-0.2, -0.15) is 13.2 Å². The molecule has 2 nitrogen and oxygen atoms in total. The molecular weight excluding hydrogens is 320 g/mol. The Hall–Kier alpha value is -1.53. The van der Waals surface area contributed by atoms with Crippen LogP contribution in [0, 0.1) is 5.82 Å². The van der Waals surface area contributed by atoms with Crippen LogP contribution in [0.5, 0.6) is 0 Å². The van der Waals surface area contributed by atoms with Gasteiger partial charge in [-0.3, -0.25) is 4.90 Å². The monoisotopic (exact) mass is 332 g/mol. The average molecular weight is 333 g/mol. The van der Waals surface area contributed by atoms with Gasteiger partial charge in [0.2, 0.25) is 0 Å². The number of hydrogen-bond donors (Lipinski definition) is 0. The van der Waals surface area contributed by atoms with Crippen LogP contribution >= 0.6 is 11.6 Å². The molecule has 1 aromatic heterocycles. The molecule has 1 aliphatic rings. The minimum atomic E-state index is -4.22. The molecular formula is C15H13ClF4N2. The van der Waals surface area contributed by atoms with Crippen LogP contribution < -0.4 is 0 Å². The Kier molecular flexibility index (Phi) is 3.91. The Balaban J connectivity index is 1.89. The topological polar surface area (TPSA) is 8.17 Å². The Morgan fingerprint density at radius 1 is 1.14 bits per heavy atom. The second-order valence-electron chi connectivity index (χ2n) is 5.33. The lowest BCUT2D eigenvalue weighted by Crippen LogP contribution is -2.39. The summed E-state index contributed by atoms with van der Waals surface area (Å²) in [5, 5.41) is 0.437. The summed E-state index contributed by atoms with van der Waals surface area (Å²) in [5.41, 5.74) is 1.97. The molecule has 3 rings (SSSR count). The highest BCUT2D eigenvalue weighted by Crippen LogP contribution is 2.34. The first-order valence-corrected chi connectivity index (χ1v) is 7.14. The first-order valence-electron chi connectivity index (χ1n) is 6.76. The second kappa shape index (κ2) is 5.59. The van der Waals surface area contributed by atoms with Gasteiger partial charge in [0.05, 0.1) is 6.54 Å². The van der Waals surface area contributed by atoms with Crippen molar-refractivity contribution in [2.24, 2.45) is 0 Å². The van der Waals surface area contributed by atoms with Gasteiger partial charge in [-0.05, 0) is 23.8 Å². The molecule has 118 valence electrons. The number of aromatic nitrogens is 1. The normalized spacial score (nSPS) is 15.9. The number of alkyl halides is 3. The maximum Gasteiger partial charge on any atom is 0.401 e. The first kappa shape index (κ1) is 15.4. The van der Waals surface area contributed by atoms with Crippen molar-refractivity contribution >= 4 is 11.6 Å². The lowest BCUT2D eigenvalue weighted by Gasteiger charge is -2.29. The number of hydrogen-bond acceptors (Lipinski definition) is 1. The van der Waals surface area contributed by atoms with E-state index in [0.29, 0.717) is 28.5 Å². The lowest BCUT2D eigenvalue weighted by molar-refractivity contribution is -0.148. The molecule has 0 radical (unpaired) electrons. The molecule has 0 fully saturated rings. The van der Waals surface area contributed by atoms with Crippen LogP contribution in [0.4, 0.5) is 17.6 Å². The van der Waals surface area contributed by atoms with Crippen LogP contribution in [0.3, 0.4) is 0 Å². The summed E-state index contributed by atoms with van der Waals surface area (Å²) >= 11 is 6.31. The molecule has 1 aliphatic heterocycles. The molecule has 0 atom stereocenters. The van der Waals surface area contributed by atoms with Gasteiger partial charge in [0.15, 0.2) is 0 Å². The van der Waals surface area contributed by atoms with Crippen LogP contribution in [-0.4, -0.2) is 28.7 Å². The third kappa shape index (κ3) is 3.13. The molecule has 0 N–H and O–H groups in total. The molecule has 22 heavy (non-hydrogen) atoms. The first-order chi connectivity index (χ1) is 10.3. The number of halogens is 5. The van der Waals surface area contributed by atoms with Gasteiger partial charge < -0.3 is 4.57 Å². The highest BCUT2D eigenvalue weighted by atomic mass is 35.5. The van der Waals surface area contributed by atoms with Crippen molar-refractivity contribution < 1.29 is 17.6 Å². The quantitative estimate of drug-likeness (QED) is 0.743. The smallest absolute Gasteiger partial charge is 0.333 e. The van der Waals surface area contributed by atoms with Crippen molar-refractivity contribution in [3.8, 4) is 11.1 Å². The maximum atomic E-state index is 13.3. The fourth-order valence-electron chi connectivity index (χ4n) is 2.74. The Morgan fingerprint density at radius 3 is 2.59 bits per heavy atom. The molecule has 0 saturated carbocycles. The summed E-state index contributed by atoms with van der Waals surface area (Å²) in [5.74, 6) is -0.378. The predicted molar refractivity (Wildman–Crippen MR) is 76.2 cm³/mol. The molecule has 0 spiro atoms. The molecule has 2 heterocycles. The van der Waals surface area contributed by atoms with Crippen LogP contribution in [0.2, 0.25) is 5.15 Å².